The molecule has 0 fully saturated rings. The van der Waals surface area contributed by atoms with Gasteiger partial charge in [-0.1, -0.05) is 98.2 Å². The number of hydrogen-bond acceptors (Lipinski definition) is 1. The number of allylic oxidation sites excluding steroid dienone is 4. The summed E-state index contributed by atoms with van der Waals surface area (Å²) in [5.74, 6) is 2.03. The van der Waals surface area contributed by atoms with E-state index < -0.39 is 0 Å². The molecule has 0 saturated heterocycles. The van der Waals surface area contributed by atoms with Gasteiger partial charge >= 0.3 is 51.3 Å². The molecule has 1 unspecified atom stereocenters. The van der Waals surface area contributed by atoms with Crippen molar-refractivity contribution >= 4 is 16.3 Å². The Kier molecular flexibility index (Phi) is 25.0. The Morgan fingerprint density at radius 1 is 0.814 bits per heavy atom. The predicted octanol–water partition coefficient (Wildman–Crippen LogP) is 12.2. The number of benzene rings is 3. The molecule has 0 amide bonds. The van der Waals surface area contributed by atoms with Crippen molar-refractivity contribution in [2.24, 2.45) is 5.92 Å². The van der Waals surface area contributed by atoms with Gasteiger partial charge in [-0.25, -0.2) is 16.6 Å². The number of aromatic nitrogens is 2. The van der Waals surface area contributed by atoms with Crippen LogP contribution in [0, 0.1) is 39.3 Å². The summed E-state index contributed by atoms with van der Waals surface area (Å²) in [6, 6.07) is 23.2. The van der Waals surface area contributed by atoms with Crippen LogP contribution in [0.25, 0.3) is 38.7 Å². The first-order chi connectivity index (χ1) is 19.0. The second kappa shape index (κ2) is 23.5. The number of fused-ring (bicyclic) bond motifs is 1. The Hall–Kier alpha value is -1.83. The van der Waals surface area contributed by atoms with Crippen molar-refractivity contribution in [2.45, 2.75) is 81.6 Å². The third-order valence-corrected chi connectivity index (χ3v) is 6.83. The molecule has 0 bridgehead atoms. The van der Waals surface area contributed by atoms with Gasteiger partial charge in [-0.15, -0.1) is 25.0 Å². The minimum absolute atomic E-state index is 0. The van der Waals surface area contributed by atoms with Gasteiger partial charge in [0, 0.05) is 11.5 Å². The fourth-order valence-corrected chi connectivity index (χ4v) is 4.26. The van der Waals surface area contributed by atoms with Crippen LogP contribution in [0.1, 0.15) is 93.0 Å². The van der Waals surface area contributed by atoms with E-state index in [0.717, 1.165) is 23.5 Å². The molecule has 1 aromatic heterocycles. The van der Waals surface area contributed by atoms with Crippen molar-refractivity contribution in [2.75, 3.05) is 0 Å². The van der Waals surface area contributed by atoms with Crippen LogP contribution in [0.2, 0.25) is 0 Å². The van der Waals surface area contributed by atoms with Crippen LogP contribution < -0.4 is 0 Å². The van der Waals surface area contributed by atoms with E-state index in [1.807, 2.05) is 47.7 Å². The average Bonchev–Trinajstić information content (AvgIpc) is 3.70. The van der Waals surface area contributed by atoms with Gasteiger partial charge in [-0.05, 0) is 22.8 Å². The molecule has 1 aliphatic carbocycles. The number of nitrogens with one attached hydrogen (secondary N) is 1. The van der Waals surface area contributed by atoms with Crippen molar-refractivity contribution in [3.8, 4) is 22.4 Å². The quantitative estimate of drug-likeness (QED) is 0.201. The van der Waals surface area contributed by atoms with E-state index in [4.69, 9.17) is 0 Å². The molecule has 2 nitrogen and oxygen atoms in total. The summed E-state index contributed by atoms with van der Waals surface area (Å²) >= 11 is 0. The Morgan fingerprint density at radius 3 is 1.88 bits per heavy atom. The maximum absolute atomic E-state index is 4.62. The number of aromatic amines is 1. The molecular weight excluding hydrogens is 636 g/mol. The molecule has 1 N–H and O–H groups in total. The van der Waals surface area contributed by atoms with Crippen molar-refractivity contribution in [3.63, 3.8) is 0 Å². The molecule has 1 atom stereocenters. The Labute approximate surface area is 302 Å². The molecule has 1 radical (unpaired) electrons. The van der Waals surface area contributed by atoms with Crippen LogP contribution in [0.3, 0.4) is 0 Å². The standard InChI is InChI=1S/C31H29N2.3C2H6.2CH3.V.Y/c1-5-22-6-7-25(16-22)23-8-10-24(11-9-23)26-12-13-28-18-29(15-14-27(28)17-26)30-19-32-31(33-30)21(4)20(2)3;3*1-2;;;;/h5-6,8,10-15,17-21H,16H2,1-4H3,(H,32,33);3*1-2H3;2*1H3;;/q-3;;;;2*-1;+2;+3. The van der Waals surface area contributed by atoms with E-state index in [9.17, 15) is 0 Å². The Balaban J connectivity index is -0.00000151. The molecule has 0 aliphatic heterocycles. The van der Waals surface area contributed by atoms with E-state index in [1.54, 1.807) is 0 Å². The van der Waals surface area contributed by atoms with Crippen LogP contribution >= 0.6 is 0 Å². The SMILES string of the molecule is CC.CC.CC.C[CH-]C1=C[C-]=C(c2[c-]cc(-c3ccc4cc(-c5cnc(C(C)C(C)C)[nH]5)ccc4c3)cc2)C1.[CH3-].[CH3-].[V+2].[Y+3]. The Morgan fingerprint density at radius 2 is 1.37 bits per heavy atom. The van der Waals surface area contributed by atoms with Crippen LogP contribution in [0.4, 0.5) is 0 Å². The van der Waals surface area contributed by atoms with Crippen molar-refractivity contribution in [1.29, 1.82) is 0 Å². The molecule has 0 saturated carbocycles. The van der Waals surface area contributed by atoms with E-state index in [0.29, 0.717) is 11.8 Å². The molecule has 5 rings (SSSR count). The zero-order valence-electron chi connectivity index (χ0n) is 28.8. The van der Waals surface area contributed by atoms with Gasteiger partial charge in [0.25, 0.3) is 0 Å². The monoisotopic (exact) mass is 689 g/mol. The maximum atomic E-state index is 4.62. The minimum atomic E-state index is 0. The Bertz CT molecular complexity index is 1360. The summed E-state index contributed by atoms with van der Waals surface area (Å²) in [7, 11) is 0. The summed E-state index contributed by atoms with van der Waals surface area (Å²) in [5.41, 5.74) is 8.29. The normalized spacial score (nSPS) is 11.5. The van der Waals surface area contributed by atoms with Crippen molar-refractivity contribution in [3.05, 3.63) is 117 Å². The second-order valence-corrected chi connectivity index (χ2v) is 9.29. The third kappa shape index (κ3) is 11.9. The van der Waals surface area contributed by atoms with Gasteiger partial charge < -0.3 is 37.6 Å². The van der Waals surface area contributed by atoms with Crippen molar-refractivity contribution in [1.82, 2.24) is 9.97 Å². The second-order valence-electron chi connectivity index (χ2n) is 9.29. The maximum Gasteiger partial charge on any atom is 3.00 e. The summed E-state index contributed by atoms with van der Waals surface area (Å²) in [4.78, 5) is 8.14. The molecular formula is C39H53N2VY. The average molecular weight is 690 g/mol. The van der Waals surface area contributed by atoms with Gasteiger partial charge in [-0.2, -0.15) is 12.1 Å². The molecule has 0 spiro atoms. The molecule has 3 aromatic carbocycles. The van der Waals surface area contributed by atoms with E-state index in [1.165, 1.54) is 38.6 Å². The van der Waals surface area contributed by atoms with Gasteiger partial charge in [0.15, 0.2) is 0 Å². The van der Waals surface area contributed by atoms with Gasteiger partial charge in [-0.3, -0.25) is 12.0 Å². The fourth-order valence-electron chi connectivity index (χ4n) is 4.26. The molecule has 43 heavy (non-hydrogen) atoms. The summed E-state index contributed by atoms with van der Waals surface area (Å²) in [5, 5.41) is 2.46. The first kappa shape index (κ1) is 45.6. The smallest absolute Gasteiger partial charge is 0.358 e. The summed E-state index contributed by atoms with van der Waals surface area (Å²) < 4.78 is 0. The van der Waals surface area contributed by atoms with Crippen LogP contribution in [-0.4, -0.2) is 9.97 Å². The zero-order valence-corrected chi connectivity index (χ0v) is 33.0. The number of nitrogens with zero attached hydrogens (tertiary/aromatic N) is 1. The van der Waals surface area contributed by atoms with Gasteiger partial charge in [0.05, 0.1) is 11.9 Å². The topological polar surface area (TPSA) is 28.7 Å². The largest absolute Gasteiger partial charge is 3.00 e. The number of H-pyrrole nitrogens is 1. The summed E-state index contributed by atoms with van der Waals surface area (Å²) in [6.45, 7) is 20.8. The number of imidazole rings is 1. The van der Waals surface area contributed by atoms with Gasteiger partial charge in [0.1, 0.15) is 5.82 Å². The molecule has 1 heterocycles. The van der Waals surface area contributed by atoms with Crippen LogP contribution in [0.5, 0.6) is 0 Å². The number of rotatable bonds is 6. The first-order valence-corrected chi connectivity index (χ1v) is 14.7. The molecule has 4 aromatic rings. The predicted molar refractivity (Wildman–Crippen MR) is 185 cm³/mol. The van der Waals surface area contributed by atoms with Crippen LogP contribution in [0.15, 0.2) is 72.4 Å². The molecule has 227 valence electrons. The van der Waals surface area contributed by atoms with Gasteiger partial charge in [0.2, 0.25) is 0 Å². The van der Waals surface area contributed by atoms with E-state index in [2.05, 4.69) is 117 Å². The minimum Gasteiger partial charge on any atom is -0.358 e. The van der Waals surface area contributed by atoms with Crippen molar-refractivity contribution < 1.29 is 51.3 Å². The van der Waals surface area contributed by atoms with E-state index >= 15 is 0 Å². The fraction of sp³-hybridized carbons (Fsp3) is 0.333. The molecule has 4 heteroatoms. The molecule has 1 aliphatic rings. The first-order valence-electron chi connectivity index (χ1n) is 14.7. The summed E-state index contributed by atoms with van der Waals surface area (Å²) in [6.07, 6.45) is 10.5. The van der Waals surface area contributed by atoms with Crippen LogP contribution in [-0.2, 0) is 51.3 Å². The number of hydrogen-bond donors (Lipinski definition) is 1. The van der Waals surface area contributed by atoms with E-state index in [-0.39, 0.29) is 66.1 Å². The zero-order chi connectivity index (χ0) is 28.9. The third-order valence-electron chi connectivity index (χ3n) is 6.83.